The van der Waals surface area contributed by atoms with Crippen molar-refractivity contribution in [1.82, 2.24) is 69.8 Å². The van der Waals surface area contributed by atoms with Gasteiger partial charge in [0.25, 0.3) is 0 Å². The standard InChI is InChI=1S/C14H17ClN2O3.3C13H14ClN5O2.C12H13ClN2O3.C12H11ClN2O.C9H17BO2.C9H6BrClN2O/c1-14(20-4,8-18-2)11-7-17-13(19-3)10-6-16-12(15)5-9(10)11;3*1-13(7-20-2,18-19-15)10-6-17-12(21-3)9-5-16-11(14)4-8(9)10;1-12(17,6-16)9-5-15-11(18-2)8-4-14-10(13)3-7(8)9;1-7(2)9-5-15-12(16-3)10-6-14-11(13)4-8(9)10;1-7(2)10-11-8(3,4)9(5,6)12-10;1-14-9-6-3-12-8(11)2-5(6)7(10)4-13-9/h5-7H,8H2,1-4H3;3*4-6H,7H2,1-3H3;3-5,16-17H,6H2,1-2H3;4-6H,1H2,2-3H3;1H2,2-6H3;2-4H,1H3/t;2*13-;;;;;/m.10...../s1. The van der Waals surface area contributed by atoms with E-state index in [4.69, 9.17) is 164 Å². The maximum Gasteiger partial charge on any atom is 0.489 e. The van der Waals surface area contributed by atoms with E-state index in [1.807, 2.05) is 48.5 Å². The lowest BCUT2D eigenvalue weighted by Crippen LogP contribution is -2.41. The number of allylic oxidation sites excluding steroid dienone is 2. The summed E-state index contributed by atoms with van der Waals surface area (Å²) in [6, 6.07) is 12.0. The number of fused-ring (bicyclic) bond motifs is 7. The lowest BCUT2D eigenvalue weighted by atomic mass is 9.81. The van der Waals surface area contributed by atoms with Crippen LogP contribution in [0.3, 0.4) is 0 Å². The second kappa shape index (κ2) is 52.1. The molecule has 39 nitrogen and oxygen atoms in total. The Balaban J connectivity index is 0.000000201. The summed E-state index contributed by atoms with van der Waals surface area (Å²) >= 11 is 44.9. The molecule has 0 spiro atoms. The van der Waals surface area contributed by atoms with Crippen LogP contribution in [0.5, 0.6) is 41.2 Å². The molecule has 0 amide bonds. The summed E-state index contributed by atoms with van der Waals surface area (Å²) in [4.78, 5) is 66.4. The Morgan fingerprint density at radius 2 is 0.601 bits per heavy atom. The number of azide groups is 3. The van der Waals surface area contributed by atoms with Crippen molar-refractivity contribution in [2.45, 2.75) is 115 Å². The zero-order chi connectivity index (χ0) is 106. The molecule has 14 aromatic rings. The van der Waals surface area contributed by atoms with Gasteiger partial charge >= 0.3 is 7.12 Å². The Bertz CT molecular complexity index is 6760. The van der Waals surface area contributed by atoms with E-state index in [2.05, 4.69) is 129 Å². The number of aliphatic hydroxyl groups excluding tert-OH is 1. The molecule has 143 heavy (non-hydrogen) atoms. The van der Waals surface area contributed by atoms with Crippen molar-refractivity contribution < 1.29 is 76.4 Å². The van der Waals surface area contributed by atoms with Gasteiger partial charge in [0.1, 0.15) is 47.3 Å². The van der Waals surface area contributed by atoms with Crippen molar-refractivity contribution >= 4 is 185 Å². The first kappa shape index (κ1) is 116. The largest absolute Gasteiger partial charge is 0.489 e. The van der Waals surface area contributed by atoms with Crippen molar-refractivity contribution in [3.05, 3.63) is 253 Å². The monoisotopic (exact) mass is 2160 g/mol. The van der Waals surface area contributed by atoms with Crippen LogP contribution in [0.1, 0.15) is 110 Å². The second-order valence-electron chi connectivity index (χ2n) is 33.3. The van der Waals surface area contributed by atoms with Gasteiger partial charge < -0.3 is 76.4 Å². The number of hydrogen-bond donors (Lipinski definition) is 2. The smallest absolute Gasteiger partial charge is 0.481 e. The van der Waals surface area contributed by atoms with Gasteiger partial charge in [0.15, 0.2) is 0 Å². The first-order chi connectivity index (χ1) is 67.8. The topological polar surface area (TPSA) is 496 Å². The number of aliphatic hydroxyl groups is 2. The van der Waals surface area contributed by atoms with E-state index in [9.17, 15) is 10.2 Å². The highest BCUT2D eigenvalue weighted by Gasteiger charge is 2.51. The van der Waals surface area contributed by atoms with Gasteiger partial charge in [-0.05, 0) is 200 Å². The van der Waals surface area contributed by atoms with Crippen molar-refractivity contribution in [3.63, 3.8) is 0 Å². The summed E-state index contributed by atoms with van der Waals surface area (Å²) in [6.45, 7) is 29.1. The number of halogens is 8. The minimum absolute atomic E-state index is 0.208. The summed E-state index contributed by atoms with van der Waals surface area (Å²) in [5.41, 5.74) is 27.5. The number of pyridine rings is 14. The Labute approximate surface area is 868 Å². The van der Waals surface area contributed by atoms with Crippen molar-refractivity contribution in [1.29, 1.82) is 0 Å². The van der Waals surface area contributed by atoms with Crippen LogP contribution in [0.25, 0.3) is 112 Å². The third-order valence-corrected chi connectivity index (χ3v) is 24.6. The molecule has 1 aliphatic heterocycles. The highest BCUT2D eigenvalue weighted by molar-refractivity contribution is 9.10. The van der Waals surface area contributed by atoms with Crippen LogP contribution in [-0.4, -0.2) is 217 Å². The van der Waals surface area contributed by atoms with Gasteiger partial charge in [-0.2, -0.15) is 0 Å². The number of hydrogen-bond acceptors (Lipinski definition) is 33. The van der Waals surface area contributed by atoms with Crippen LogP contribution < -0.4 is 33.2 Å². The van der Waals surface area contributed by atoms with Gasteiger partial charge in [0.2, 0.25) is 41.2 Å². The Morgan fingerprint density at radius 1 is 0.364 bits per heavy atom. The van der Waals surface area contributed by atoms with Crippen LogP contribution in [0.15, 0.2) is 168 Å². The molecule has 0 saturated carbocycles. The molecule has 0 aliphatic carbocycles. The third kappa shape index (κ3) is 28.2. The summed E-state index contributed by atoms with van der Waals surface area (Å²) in [6.07, 6.45) is 22.6. The fraction of sp³-hybridized carbons (Fsp3) is 0.368. The lowest BCUT2D eigenvalue weighted by molar-refractivity contribution is -0.0547. The number of aromatic nitrogens is 14. The summed E-state index contributed by atoms with van der Waals surface area (Å²) in [5.74, 6) is 3.28. The van der Waals surface area contributed by atoms with Crippen molar-refractivity contribution in [2.24, 2.45) is 15.3 Å². The van der Waals surface area contributed by atoms with Crippen LogP contribution in [0.4, 0.5) is 0 Å². The fourth-order valence-corrected chi connectivity index (χ4v) is 16.0. The highest BCUT2D eigenvalue weighted by atomic mass is 79.9. The van der Waals surface area contributed by atoms with Crippen LogP contribution >= 0.6 is 97.1 Å². The fourth-order valence-electron chi connectivity index (χ4n) is 14.5. The Morgan fingerprint density at radius 3 is 0.853 bits per heavy atom. The molecule has 2 N–H and O–H groups in total. The molecule has 0 aromatic carbocycles. The number of methoxy groups -OCH3 is 12. The Kier molecular flexibility index (Phi) is 42.4. The Hall–Kier alpha value is -11.9. The normalized spacial score (nSPS) is 14.1. The van der Waals surface area contributed by atoms with Crippen LogP contribution in [-0.2, 0) is 60.8 Å². The van der Waals surface area contributed by atoms with Gasteiger partial charge in [0.05, 0.1) is 148 Å². The van der Waals surface area contributed by atoms with Gasteiger partial charge in [0, 0.05) is 169 Å². The molecule has 0 radical (unpaired) electrons. The number of ether oxygens (including phenoxy) is 12. The van der Waals surface area contributed by atoms with E-state index in [0.717, 1.165) is 75.1 Å². The lowest BCUT2D eigenvalue weighted by Gasteiger charge is -2.32. The first-order valence-corrected chi connectivity index (χ1v) is 46.0. The summed E-state index contributed by atoms with van der Waals surface area (Å²) in [7, 11) is 18.4. The van der Waals surface area contributed by atoms with Crippen molar-refractivity contribution in [3.8, 4) is 41.2 Å². The minimum Gasteiger partial charge on any atom is -0.481 e. The van der Waals surface area contributed by atoms with Crippen LogP contribution in [0, 0.1) is 0 Å². The average molecular weight is 2160 g/mol. The SMILES string of the molecule is C=C(C)B1OC(C)(C)C(C)(C)O1.C=C(C)c1cnc(OC)c2cnc(Cl)cc12.COCC(C)(N=[N+]=[N-])c1cnc(OC)c2cnc(Cl)cc12.COCC(C)(OC)c1cnc(OC)c2cnc(Cl)cc12.COC[C@@](C)(N=[N+]=[N-])c1cnc(OC)c2cnc(Cl)cc12.COC[C@](C)(N=[N+]=[N-])c1cnc(OC)c2cnc(Cl)cc12.COc1ncc(Br)c2cc(Cl)ncc12.COc1ncc(C(C)(O)CO)c2cc(Cl)ncc12. The molecule has 1 aliphatic rings. The van der Waals surface area contributed by atoms with Gasteiger partial charge in [-0.25, -0.2) is 69.8 Å². The van der Waals surface area contributed by atoms with Gasteiger partial charge in [-0.3, -0.25) is 0 Å². The molecule has 5 atom stereocenters. The molecular weight excluding hydrogens is 2060 g/mol. The quantitative estimate of drug-likeness (QED) is 0.0159. The molecule has 14 aromatic heterocycles. The van der Waals surface area contributed by atoms with Gasteiger partial charge in [-0.1, -0.05) is 109 Å². The summed E-state index contributed by atoms with van der Waals surface area (Å²) < 4.78 is 75.0. The highest BCUT2D eigenvalue weighted by Crippen LogP contribution is 2.44. The summed E-state index contributed by atoms with van der Waals surface area (Å²) in [5, 5.41) is 44.5. The minimum atomic E-state index is -1.40. The molecule has 756 valence electrons. The molecule has 1 saturated heterocycles. The predicted molar refractivity (Wildman–Crippen MR) is 559 cm³/mol. The van der Waals surface area contributed by atoms with Crippen molar-refractivity contribution in [2.75, 3.05) is 118 Å². The molecule has 15 heterocycles. The molecular formula is C95H106BBrCl7N23O16. The van der Waals surface area contributed by atoms with E-state index in [-0.39, 0.29) is 38.1 Å². The molecule has 0 bridgehead atoms. The van der Waals surface area contributed by atoms with E-state index in [0.29, 0.717) is 133 Å². The maximum atomic E-state index is 10.2. The van der Waals surface area contributed by atoms with E-state index in [1.165, 1.54) is 47.8 Å². The average Bonchev–Trinajstić information content (AvgIpc) is 1.72. The molecule has 15 rings (SSSR count). The zero-order valence-corrected chi connectivity index (χ0v) is 89.4. The molecule has 48 heteroatoms. The zero-order valence-electron chi connectivity index (χ0n) is 82.6. The maximum absolute atomic E-state index is 10.2. The molecule has 1 fully saturated rings. The first-order valence-electron chi connectivity index (χ1n) is 42.6. The third-order valence-electron chi connectivity index (χ3n) is 22.5. The van der Waals surface area contributed by atoms with Gasteiger partial charge in [-0.15, -0.1) is 6.58 Å². The number of rotatable bonds is 27. The molecule has 3 unspecified atom stereocenters. The predicted octanol–water partition coefficient (Wildman–Crippen LogP) is 23.3. The van der Waals surface area contributed by atoms with E-state index in [1.54, 1.807) is 194 Å². The second-order valence-corrected chi connectivity index (χ2v) is 36.8. The van der Waals surface area contributed by atoms with E-state index < -0.39 is 34.4 Å². The van der Waals surface area contributed by atoms with Crippen LogP contribution in [0.2, 0.25) is 36.1 Å². The van der Waals surface area contributed by atoms with E-state index >= 15 is 0 Å². The number of nitrogens with zero attached hydrogens (tertiary/aromatic N) is 23.